The Balaban J connectivity index is 2.06. The summed E-state index contributed by atoms with van der Waals surface area (Å²) in [6.45, 7) is 14.2. The van der Waals surface area contributed by atoms with Crippen molar-refractivity contribution >= 4 is 0 Å². The van der Waals surface area contributed by atoms with E-state index in [0.717, 1.165) is 25.7 Å². The molecule has 2 heteroatoms. The molecular weight excluding hydrogens is 210 g/mol. The van der Waals surface area contributed by atoms with E-state index in [2.05, 4.69) is 39.9 Å². The lowest BCUT2D eigenvalue weighted by Gasteiger charge is -2.25. The van der Waals surface area contributed by atoms with E-state index in [1.807, 2.05) is 0 Å². The lowest BCUT2D eigenvalue weighted by atomic mass is 10.0. The highest BCUT2D eigenvalue weighted by atomic mass is 16.5. The van der Waals surface area contributed by atoms with E-state index in [4.69, 9.17) is 4.74 Å². The SMILES string of the molecule is CC(C)CCOCCC1(CNC(C)(C)C)CC1. The summed E-state index contributed by atoms with van der Waals surface area (Å²) in [6.07, 6.45) is 5.18. The molecule has 0 radical (unpaired) electrons. The highest BCUT2D eigenvalue weighted by molar-refractivity contribution is 4.96. The Kier molecular flexibility index (Phi) is 5.46. The molecule has 0 atom stereocenters. The van der Waals surface area contributed by atoms with Gasteiger partial charge in [0.15, 0.2) is 0 Å². The van der Waals surface area contributed by atoms with Gasteiger partial charge in [-0.3, -0.25) is 0 Å². The van der Waals surface area contributed by atoms with Crippen LogP contribution in [-0.2, 0) is 4.74 Å². The maximum absolute atomic E-state index is 5.72. The van der Waals surface area contributed by atoms with Gasteiger partial charge in [-0.05, 0) is 57.8 Å². The van der Waals surface area contributed by atoms with E-state index in [-0.39, 0.29) is 5.54 Å². The molecule has 2 nitrogen and oxygen atoms in total. The summed E-state index contributed by atoms with van der Waals surface area (Å²) in [4.78, 5) is 0. The van der Waals surface area contributed by atoms with E-state index in [1.54, 1.807) is 0 Å². The van der Waals surface area contributed by atoms with Crippen molar-refractivity contribution in [3.05, 3.63) is 0 Å². The van der Waals surface area contributed by atoms with Gasteiger partial charge in [0.1, 0.15) is 0 Å². The van der Waals surface area contributed by atoms with Gasteiger partial charge in [0.25, 0.3) is 0 Å². The maximum atomic E-state index is 5.72. The third-order valence-electron chi connectivity index (χ3n) is 3.57. The van der Waals surface area contributed by atoms with E-state index in [1.165, 1.54) is 25.7 Å². The topological polar surface area (TPSA) is 21.3 Å². The first-order chi connectivity index (χ1) is 7.83. The fourth-order valence-corrected chi connectivity index (χ4v) is 1.85. The van der Waals surface area contributed by atoms with E-state index < -0.39 is 0 Å². The molecule has 1 fully saturated rings. The molecule has 0 amide bonds. The number of hydrogen-bond acceptors (Lipinski definition) is 2. The Labute approximate surface area is 108 Å². The highest BCUT2D eigenvalue weighted by Crippen LogP contribution is 2.48. The van der Waals surface area contributed by atoms with Gasteiger partial charge in [-0.2, -0.15) is 0 Å². The smallest absolute Gasteiger partial charge is 0.0471 e. The summed E-state index contributed by atoms with van der Waals surface area (Å²) in [5.41, 5.74) is 0.805. The quantitative estimate of drug-likeness (QED) is 0.656. The Morgan fingerprint density at radius 3 is 2.29 bits per heavy atom. The van der Waals surface area contributed by atoms with Gasteiger partial charge in [-0.15, -0.1) is 0 Å². The maximum Gasteiger partial charge on any atom is 0.0471 e. The first-order valence-electron chi connectivity index (χ1n) is 7.16. The molecule has 0 heterocycles. The second-order valence-electron chi connectivity index (χ2n) is 7.15. The number of hydrogen-bond donors (Lipinski definition) is 1. The second kappa shape index (κ2) is 6.19. The van der Waals surface area contributed by atoms with Gasteiger partial charge >= 0.3 is 0 Å². The molecule has 0 aromatic carbocycles. The lowest BCUT2D eigenvalue weighted by molar-refractivity contribution is 0.106. The van der Waals surface area contributed by atoms with Crippen molar-refractivity contribution in [2.24, 2.45) is 11.3 Å². The first-order valence-corrected chi connectivity index (χ1v) is 7.16. The van der Waals surface area contributed by atoms with Crippen LogP contribution in [0.4, 0.5) is 0 Å². The van der Waals surface area contributed by atoms with Crippen LogP contribution in [0.1, 0.15) is 60.3 Å². The molecule has 1 aliphatic carbocycles. The highest BCUT2D eigenvalue weighted by Gasteiger charge is 2.42. The summed E-state index contributed by atoms with van der Waals surface area (Å²) < 4.78 is 5.72. The molecule has 0 aromatic heterocycles. The Morgan fingerprint density at radius 1 is 1.18 bits per heavy atom. The molecule has 1 aliphatic rings. The second-order valence-corrected chi connectivity index (χ2v) is 7.15. The van der Waals surface area contributed by atoms with E-state index >= 15 is 0 Å². The van der Waals surface area contributed by atoms with Crippen LogP contribution in [0.15, 0.2) is 0 Å². The van der Waals surface area contributed by atoms with Crippen molar-refractivity contribution in [2.45, 2.75) is 65.8 Å². The lowest BCUT2D eigenvalue weighted by Crippen LogP contribution is -2.40. The average molecular weight is 241 g/mol. The van der Waals surface area contributed by atoms with Crippen molar-refractivity contribution in [3.63, 3.8) is 0 Å². The minimum absolute atomic E-state index is 0.244. The molecule has 0 aliphatic heterocycles. The minimum atomic E-state index is 0.244. The summed E-state index contributed by atoms with van der Waals surface area (Å²) >= 11 is 0. The zero-order chi connectivity index (χ0) is 12.9. The third-order valence-corrected chi connectivity index (χ3v) is 3.57. The molecule has 17 heavy (non-hydrogen) atoms. The summed E-state index contributed by atoms with van der Waals surface area (Å²) in [6, 6.07) is 0. The van der Waals surface area contributed by atoms with Crippen LogP contribution >= 0.6 is 0 Å². The largest absolute Gasteiger partial charge is 0.381 e. The summed E-state index contributed by atoms with van der Waals surface area (Å²) in [5, 5.41) is 3.63. The van der Waals surface area contributed by atoms with Gasteiger partial charge in [-0.25, -0.2) is 0 Å². The van der Waals surface area contributed by atoms with Gasteiger partial charge < -0.3 is 10.1 Å². The number of rotatable bonds is 8. The third kappa shape index (κ3) is 7.05. The van der Waals surface area contributed by atoms with Gasteiger partial charge in [0.05, 0.1) is 0 Å². The standard InChI is InChI=1S/C15H31NO/c1-13(2)6-10-17-11-9-15(7-8-15)12-16-14(3,4)5/h13,16H,6-12H2,1-5H3. The fourth-order valence-electron chi connectivity index (χ4n) is 1.85. The van der Waals surface area contributed by atoms with Crippen LogP contribution in [0, 0.1) is 11.3 Å². The molecule has 0 bridgehead atoms. The monoisotopic (exact) mass is 241 g/mol. The predicted molar refractivity (Wildman–Crippen MR) is 74.3 cm³/mol. The Morgan fingerprint density at radius 2 is 1.82 bits per heavy atom. The van der Waals surface area contributed by atoms with Crippen molar-refractivity contribution in [3.8, 4) is 0 Å². The van der Waals surface area contributed by atoms with Crippen LogP contribution < -0.4 is 5.32 Å². The summed E-state index contributed by atoms with van der Waals surface area (Å²) in [7, 11) is 0. The van der Waals surface area contributed by atoms with Gasteiger partial charge in [0.2, 0.25) is 0 Å². The van der Waals surface area contributed by atoms with Crippen molar-refractivity contribution in [1.82, 2.24) is 5.32 Å². The number of ether oxygens (including phenoxy) is 1. The first kappa shape index (κ1) is 15.0. The zero-order valence-corrected chi connectivity index (χ0v) is 12.4. The molecule has 1 saturated carbocycles. The van der Waals surface area contributed by atoms with E-state index in [0.29, 0.717) is 5.41 Å². The summed E-state index contributed by atoms with van der Waals surface area (Å²) in [5.74, 6) is 0.757. The molecule has 1 N–H and O–H groups in total. The van der Waals surface area contributed by atoms with Gasteiger partial charge in [-0.1, -0.05) is 13.8 Å². The molecule has 0 saturated heterocycles. The Bertz CT molecular complexity index is 213. The minimum Gasteiger partial charge on any atom is -0.381 e. The Hall–Kier alpha value is -0.0800. The molecule has 0 spiro atoms. The number of nitrogens with one attached hydrogen (secondary N) is 1. The van der Waals surface area contributed by atoms with Crippen LogP contribution in [0.5, 0.6) is 0 Å². The van der Waals surface area contributed by atoms with Crippen LogP contribution in [-0.4, -0.2) is 25.3 Å². The van der Waals surface area contributed by atoms with Crippen molar-refractivity contribution < 1.29 is 4.74 Å². The average Bonchev–Trinajstić information content (AvgIpc) is 2.94. The van der Waals surface area contributed by atoms with Crippen LogP contribution in [0.2, 0.25) is 0 Å². The zero-order valence-electron chi connectivity index (χ0n) is 12.4. The molecule has 1 rings (SSSR count). The molecule has 0 aromatic rings. The predicted octanol–water partition coefficient (Wildman–Crippen LogP) is 3.61. The fraction of sp³-hybridized carbons (Fsp3) is 1.00. The van der Waals surface area contributed by atoms with E-state index in [9.17, 15) is 0 Å². The molecule has 102 valence electrons. The molecule has 0 unspecified atom stereocenters. The van der Waals surface area contributed by atoms with Crippen molar-refractivity contribution in [2.75, 3.05) is 19.8 Å². The van der Waals surface area contributed by atoms with Crippen molar-refractivity contribution in [1.29, 1.82) is 0 Å². The molecular formula is C15H31NO. The normalized spacial score (nSPS) is 18.7. The van der Waals surface area contributed by atoms with Crippen LogP contribution in [0.3, 0.4) is 0 Å². The van der Waals surface area contributed by atoms with Crippen LogP contribution in [0.25, 0.3) is 0 Å². The van der Waals surface area contributed by atoms with Gasteiger partial charge in [0, 0.05) is 25.3 Å².